The molecule has 4 N–H and O–H groups in total. The number of nitrogen functional groups attached to an aromatic ring is 1. The molecule has 2 aromatic carbocycles. The van der Waals surface area contributed by atoms with E-state index in [4.69, 9.17) is 15.2 Å². The van der Waals surface area contributed by atoms with E-state index in [1.54, 1.807) is 18.2 Å². The fourth-order valence-corrected chi connectivity index (χ4v) is 6.08. The molecule has 0 aliphatic carbocycles. The molecule has 1 aromatic heterocycles. The molecule has 0 radical (unpaired) electrons. The van der Waals surface area contributed by atoms with Gasteiger partial charge in [0.1, 0.15) is 17.6 Å². The minimum Gasteiger partial charge on any atom is -0.480 e. The number of hydrogen-bond donors (Lipinski definition) is 3. The van der Waals surface area contributed by atoms with Crippen LogP contribution in [0.5, 0.6) is 11.6 Å². The van der Waals surface area contributed by atoms with E-state index in [2.05, 4.69) is 15.3 Å². The zero-order valence-electron chi connectivity index (χ0n) is 23.1. The molecule has 10 nitrogen and oxygen atoms in total. The molecule has 4 heterocycles. The lowest BCUT2D eigenvalue weighted by atomic mass is 9.76. The van der Waals surface area contributed by atoms with Gasteiger partial charge < -0.3 is 30.5 Å². The molecule has 3 aromatic rings. The predicted octanol–water partition coefficient (Wildman–Crippen LogP) is 4.29. The van der Waals surface area contributed by atoms with Gasteiger partial charge in [0.15, 0.2) is 0 Å². The number of carboxylic acids is 1. The van der Waals surface area contributed by atoms with E-state index < -0.39 is 24.3 Å². The van der Waals surface area contributed by atoms with Crippen molar-refractivity contribution >= 4 is 23.7 Å². The minimum absolute atomic E-state index is 0.124. The number of hydrogen-bond acceptors (Lipinski definition) is 9. The topological polar surface area (TPSA) is 140 Å². The molecule has 13 heteroatoms. The minimum atomic E-state index is -4.75. The summed E-state index contributed by atoms with van der Waals surface area (Å²) in [6.07, 6.45) is -4.24. The maximum Gasteiger partial charge on any atom is 0.429 e. The van der Waals surface area contributed by atoms with Crippen LogP contribution in [0, 0.1) is 5.41 Å². The van der Waals surface area contributed by atoms with Crippen LogP contribution < -0.4 is 25.4 Å². The van der Waals surface area contributed by atoms with E-state index in [1.165, 1.54) is 18.2 Å². The second-order valence-electron chi connectivity index (χ2n) is 11.3. The molecule has 2 saturated heterocycles. The van der Waals surface area contributed by atoms with Crippen LogP contribution in [0.4, 0.5) is 24.9 Å². The number of halogens is 3. The van der Waals surface area contributed by atoms with Gasteiger partial charge in [0.2, 0.25) is 17.9 Å². The summed E-state index contributed by atoms with van der Waals surface area (Å²) in [6, 6.07) is 12.0. The summed E-state index contributed by atoms with van der Waals surface area (Å²) in [7, 11) is 0. The molecule has 1 unspecified atom stereocenters. The van der Waals surface area contributed by atoms with Gasteiger partial charge in [0.25, 0.3) is 0 Å². The highest BCUT2D eigenvalue weighted by atomic mass is 19.4. The number of nitrogens with two attached hydrogens (primary N) is 1. The Morgan fingerprint density at radius 3 is 2.49 bits per heavy atom. The third kappa shape index (κ3) is 6.07. The monoisotopic (exact) mass is 597 g/mol. The summed E-state index contributed by atoms with van der Waals surface area (Å²) in [4.78, 5) is 33.1. The van der Waals surface area contributed by atoms with E-state index in [9.17, 15) is 27.9 Å². The van der Waals surface area contributed by atoms with Crippen molar-refractivity contribution < 1.29 is 37.3 Å². The van der Waals surface area contributed by atoms with Crippen molar-refractivity contribution in [3.05, 3.63) is 59.7 Å². The van der Waals surface area contributed by atoms with Crippen LogP contribution in [0.2, 0.25) is 0 Å². The van der Waals surface area contributed by atoms with Gasteiger partial charge in [-0.2, -0.15) is 23.1 Å². The van der Waals surface area contributed by atoms with E-state index in [0.29, 0.717) is 74.4 Å². The zero-order valence-corrected chi connectivity index (χ0v) is 23.1. The first-order valence-electron chi connectivity index (χ1n) is 14.0. The SMILES string of the molecule is Nc1nc(OC(c2ccc(-c3ccc4c(c3)OC(=O)CC4)cc2)C(F)(F)F)cc(N2CCC3(CC2)CN[C@H](C(=O)O)C3)n1. The fraction of sp³-hybridized carbons (Fsp3) is 0.400. The van der Waals surface area contributed by atoms with E-state index in [-0.39, 0.29) is 28.8 Å². The fourth-order valence-electron chi connectivity index (χ4n) is 6.08. The van der Waals surface area contributed by atoms with Crippen LogP contribution >= 0.6 is 0 Å². The molecule has 3 aliphatic rings. The largest absolute Gasteiger partial charge is 0.480 e. The smallest absolute Gasteiger partial charge is 0.429 e. The lowest BCUT2D eigenvalue weighted by Crippen LogP contribution is -2.41. The quantitative estimate of drug-likeness (QED) is 0.278. The number of alkyl halides is 3. The number of ether oxygens (including phenoxy) is 2. The van der Waals surface area contributed by atoms with E-state index in [1.807, 2.05) is 17.0 Å². The first kappa shape index (κ1) is 28.7. The lowest BCUT2D eigenvalue weighted by Gasteiger charge is -2.39. The Hall–Kier alpha value is -4.39. The second kappa shape index (κ2) is 11.0. The maximum absolute atomic E-state index is 14.2. The number of anilines is 2. The standard InChI is InChI=1S/C30H30F3N5O5/c31-30(32,33)26(19-4-1-17(2-5-19)20-6-3-18-7-8-25(39)42-22(18)13-20)43-24-14-23(36-28(34)37-24)38-11-9-29(10-12-38)15-21(27(40)41)35-16-29/h1-6,13-14,21,26,35H,7-12,15-16H2,(H,40,41)(H2,34,36,37)/t21-,26?/m0/s1. The number of piperidine rings is 1. The van der Waals surface area contributed by atoms with Gasteiger partial charge in [-0.05, 0) is 53.9 Å². The molecule has 2 fully saturated rings. The molecule has 0 amide bonds. The molecule has 0 bridgehead atoms. The molecular formula is C30H30F3N5O5. The molecule has 1 spiro atoms. The van der Waals surface area contributed by atoms with Crippen LogP contribution in [0.3, 0.4) is 0 Å². The summed E-state index contributed by atoms with van der Waals surface area (Å²) >= 11 is 0. The maximum atomic E-state index is 14.2. The highest BCUT2D eigenvalue weighted by molar-refractivity contribution is 5.77. The van der Waals surface area contributed by atoms with Crippen LogP contribution in [-0.2, 0) is 16.0 Å². The van der Waals surface area contributed by atoms with Crippen molar-refractivity contribution in [3.8, 4) is 22.8 Å². The molecular weight excluding hydrogens is 567 g/mol. The lowest BCUT2D eigenvalue weighted by molar-refractivity contribution is -0.198. The van der Waals surface area contributed by atoms with E-state index >= 15 is 0 Å². The summed E-state index contributed by atoms with van der Waals surface area (Å²) in [6.45, 7) is 1.68. The number of aliphatic carboxylic acids is 1. The van der Waals surface area contributed by atoms with Gasteiger partial charge >= 0.3 is 18.1 Å². The number of nitrogens with one attached hydrogen (secondary N) is 1. The van der Waals surface area contributed by atoms with Crippen molar-refractivity contribution in [1.29, 1.82) is 0 Å². The average Bonchev–Trinajstić information content (AvgIpc) is 3.39. The number of carboxylic acid groups (broad SMARTS) is 1. The predicted molar refractivity (Wildman–Crippen MR) is 150 cm³/mol. The van der Waals surface area contributed by atoms with Crippen molar-refractivity contribution in [1.82, 2.24) is 15.3 Å². The summed E-state index contributed by atoms with van der Waals surface area (Å²) in [5, 5.41) is 12.4. The Bertz CT molecular complexity index is 1540. The first-order chi connectivity index (χ1) is 20.5. The van der Waals surface area contributed by atoms with Gasteiger partial charge in [-0.3, -0.25) is 9.59 Å². The molecule has 6 rings (SSSR count). The summed E-state index contributed by atoms with van der Waals surface area (Å²) in [5.74, 6) is -0.903. The Balaban J connectivity index is 1.18. The third-order valence-corrected chi connectivity index (χ3v) is 8.49. The number of fused-ring (bicyclic) bond motifs is 1. The Morgan fingerprint density at radius 2 is 1.81 bits per heavy atom. The highest BCUT2D eigenvalue weighted by Gasteiger charge is 2.45. The number of carbonyl (C=O) groups is 2. The van der Waals surface area contributed by atoms with Gasteiger partial charge in [0.05, 0.1) is 6.42 Å². The van der Waals surface area contributed by atoms with Crippen LogP contribution in [0.1, 0.15) is 42.9 Å². The molecule has 226 valence electrons. The Labute approximate surface area is 245 Å². The third-order valence-electron chi connectivity index (χ3n) is 8.49. The molecule has 43 heavy (non-hydrogen) atoms. The van der Waals surface area contributed by atoms with Crippen molar-refractivity contribution in [3.63, 3.8) is 0 Å². The van der Waals surface area contributed by atoms with Crippen LogP contribution in [-0.4, -0.2) is 58.9 Å². The Morgan fingerprint density at radius 1 is 1.09 bits per heavy atom. The summed E-state index contributed by atoms with van der Waals surface area (Å²) < 4.78 is 53.5. The number of nitrogens with zero attached hydrogens (tertiary/aromatic N) is 3. The number of aromatic nitrogens is 2. The van der Waals surface area contributed by atoms with E-state index in [0.717, 1.165) is 5.56 Å². The molecule has 0 saturated carbocycles. The second-order valence-corrected chi connectivity index (χ2v) is 11.3. The molecule has 2 atom stereocenters. The Kier molecular flexibility index (Phi) is 7.36. The number of rotatable bonds is 6. The van der Waals surface area contributed by atoms with Crippen molar-refractivity contribution in [2.75, 3.05) is 30.3 Å². The van der Waals surface area contributed by atoms with Crippen LogP contribution in [0.25, 0.3) is 11.1 Å². The van der Waals surface area contributed by atoms with Gasteiger partial charge in [0, 0.05) is 31.3 Å². The molecule has 3 aliphatic heterocycles. The zero-order chi connectivity index (χ0) is 30.4. The van der Waals surface area contributed by atoms with Crippen molar-refractivity contribution in [2.45, 2.75) is 50.4 Å². The van der Waals surface area contributed by atoms with Gasteiger partial charge in [-0.15, -0.1) is 0 Å². The van der Waals surface area contributed by atoms with Crippen molar-refractivity contribution in [2.24, 2.45) is 5.41 Å². The average molecular weight is 598 g/mol. The van der Waals surface area contributed by atoms with Gasteiger partial charge in [-0.25, -0.2) is 0 Å². The number of esters is 1. The first-order valence-corrected chi connectivity index (χ1v) is 14.0. The summed E-state index contributed by atoms with van der Waals surface area (Å²) in [5.41, 5.74) is 7.87. The number of carbonyl (C=O) groups excluding carboxylic acids is 1. The number of benzene rings is 2. The van der Waals surface area contributed by atoms with Gasteiger partial charge in [-0.1, -0.05) is 36.4 Å². The normalized spacial score (nSPS) is 20.4. The number of aryl methyl sites for hydroxylation is 1. The van der Waals surface area contributed by atoms with Crippen LogP contribution in [0.15, 0.2) is 48.5 Å². The highest BCUT2D eigenvalue weighted by Crippen LogP contribution is 2.42.